The number of rotatable bonds is 6. The number of esters is 1. The third kappa shape index (κ3) is 3.45. The van der Waals surface area contributed by atoms with Crippen molar-refractivity contribution in [3.63, 3.8) is 0 Å². The Morgan fingerprint density at radius 1 is 1.17 bits per heavy atom. The first-order chi connectivity index (χ1) is 11.5. The van der Waals surface area contributed by atoms with E-state index in [-0.39, 0.29) is 9.77 Å². The van der Waals surface area contributed by atoms with Crippen molar-refractivity contribution in [2.24, 2.45) is 0 Å². The van der Waals surface area contributed by atoms with Crippen LogP contribution >= 0.6 is 34.0 Å². The predicted molar refractivity (Wildman–Crippen MR) is 96.5 cm³/mol. The number of nitrogens with one attached hydrogen (secondary N) is 1. The first-order valence-electron chi connectivity index (χ1n) is 6.76. The van der Waals surface area contributed by atoms with E-state index in [4.69, 9.17) is 0 Å². The summed E-state index contributed by atoms with van der Waals surface area (Å²) in [5.74, 6) is -0.659. The lowest BCUT2D eigenvalue weighted by Crippen LogP contribution is -2.29. The van der Waals surface area contributed by atoms with E-state index in [1.165, 1.54) is 35.8 Å². The summed E-state index contributed by atoms with van der Waals surface area (Å²) in [4.78, 5) is 12.7. The van der Waals surface area contributed by atoms with Crippen molar-refractivity contribution in [3.05, 3.63) is 61.1 Å². The molecule has 0 saturated carbocycles. The summed E-state index contributed by atoms with van der Waals surface area (Å²) < 4.78 is 33.0. The highest BCUT2D eigenvalue weighted by Gasteiger charge is 2.29. The van der Waals surface area contributed by atoms with Gasteiger partial charge in [0.05, 0.1) is 13.2 Å². The highest BCUT2D eigenvalue weighted by molar-refractivity contribution is 7.89. The summed E-state index contributed by atoms with van der Waals surface area (Å²) in [5, 5.41) is 7.26. The third-order valence-electron chi connectivity index (χ3n) is 3.27. The molecule has 0 radical (unpaired) electrons. The maximum Gasteiger partial charge on any atom is 0.349 e. The Labute approximate surface area is 151 Å². The Morgan fingerprint density at radius 3 is 2.62 bits per heavy atom. The van der Waals surface area contributed by atoms with E-state index in [9.17, 15) is 13.2 Å². The Hall–Kier alpha value is -1.52. The van der Waals surface area contributed by atoms with Crippen LogP contribution in [0.1, 0.15) is 26.2 Å². The maximum absolute atomic E-state index is 12.8. The minimum Gasteiger partial charge on any atom is -0.465 e. The zero-order valence-electron chi connectivity index (χ0n) is 12.5. The monoisotopic (exact) mass is 399 g/mol. The normalized spacial score (nSPS) is 12.9. The lowest BCUT2D eigenvalue weighted by molar-refractivity contribution is 0.0602. The van der Waals surface area contributed by atoms with Crippen LogP contribution in [0, 0.1) is 0 Å². The Balaban J connectivity index is 1.98. The molecule has 0 amide bonds. The zero-order valence-corrected chi connectivity index (χ0v) is 15.7. The Bertz CT molecular complexity index is 877. The largest absolute Gasteiger partial charge is 0.465 e. The van der Waals surface area contributed by atoms with Crippen LogP contribution in [0.25, 0.3) is 0 Å². The molecule has 0 aliphatic heterocycles. The van der Waals surface area contributed by atoms with E-state index < -0.39 is 22.0 Å². The number of sulfonamides is 1. The second kappa shape index (κ2) is 7.16. The van der Waals surface area contributed by atoms with Crippen LogP contribution in [0.5, 0.6) is 0 Å². The number of hydrogen-bond donors (Lipinski definition) is 1. The molecule has 0 aliphatic carbocycles. The van der Waals surface area contributed by atoms with Gasteiger partial charge in [-0.15, -0.1) is 22.7 Å². The molecular formula is C15H13NO4S4. The summed E-state index contributed by atoms with van der Waals surface area (Å²) in [6.45, 7) is 0. The molecule has 3 aromatic heterocycles. The van der Waals surface area contributed by atoms with E-state index in [2.05, 4.69) is 9.46 Å². The summed E-state index contributed by atoms with van der Waals surface area (Å²) in [7, 11) is -2.66. The summed E-state index contributed by atoms with van der Waals surface area (Å²) in [5.41, 5.74) is 0.862. The number of carbonyl (C=O) groups excluding carboxylic acids is 1. The molecule has 24 heavy (non-hydrogen) atoms. The Kier molecular flexibility index (Phi) is 5.16. The number of carbonyl (C=O) groups is 1. The van der Waals surface area contributed by atoms with Gasteiger partial charge in [0.15, 0.2) is 0 Å². The summed E-state index contributed by atoms with van der Waals surface area (Å²) in [6, 6.07) is 6.56. The van der Waals surface area contributed by atoms with Gasteiger partial charge in [-0.1, -0.05) is 6.07 Å². The van der Waals surface area contributed by atoms with Crippen LogP contribution in [-0.4, -0.2) is 21.5 Å². The Morgan fingerprint density at radius 2 is 2.00 bits per heavy atom. The highest BCUT2D eigenvalue weighted by Crippen LogP contribution is 2.31. The molecule has 3 aromatic rings. The van der Waals surface area contributed by atoms with Gasteiger partial charge in [0.2, 0.25) is 10.0 Å². The molecule has 3 heterocycles. The first-order valence-corrected chi connectivity index (χ1v) is 10.9. The summed E-state index contributed by atoms with van der Waals surface area (Å²) >= 11 is 4.01. The predicted octanol–water partition coefficient (Wildman–Crippen LogP) is 3.73. The SMILES string of the molecule is COC(=O)c1sccc1S(=O)(=O)N[C@@H](c1ccsc1)c1cccs1. The molecule has 0 spiro atoms. The molecule has 3 rings (SSSR count). The van der Waals surface area contributed by atoms with Gasteiger partial charge in [0.25, 0.3) is 0 Å². The van der Waals surface area contributed by atoms with Crippen molar-refractivity contribution in [2.45, 2.75) is 10.9 Å². The number of thiophene rings is 3. The fourth-order valence-corrected chi connectivity index (χ4v) is 6.26. The van der Waals surface area contributed by atoms with Crippen LogP contribution in [0.15, 0.2) is 50.7 Å². The third-order valence-corrected chi connectivity index (χ3v) is 7.39. The van der Waals surface area contributed by atoms with Gasteiger partial charge >= 0.3 is 5.97 Å². The second-order valence-electron chi connectivity index (χ2n) is 4.73. The molecule has 0 aliphatic rings. The van der Waals surface area contributed by atoms with Crippen molar-refractivity contribution in [1.29, 1.82) is 0 Å². The molecule has 0 saturated heterocycles. The molecule has 9 heteroatoms. The van der Waals surface area contributed by atoms with Gasteiger partial charge in [0, 0.05) is 4.88 Å². The molecule has 1 atom stereocenters. The van der Waals surface area contributed by atoms with E-state index in [0.29, 0.717) is 0 Å². The highest BCUT2D eigenvalue weighted by atomic mass is 32.2. The number of ether oxygens (including phenoxy) is 1. The van der Waals surface area contributed by atoms with Gasteiger partial charge in [0.1, 0.15) is 9.77 Å². The first kappa shape index (κ1) is 17.3. The van der Waals surface area contributed by atoms with Crippen molar-refractivity contribution in [1.82, 2.24) is 4.72 Å². The fourth-order valence-electron chi connectivity index (χ4n) is 2.15. The van der Waals surface area contributed by atoms with Crippen molar-refractivity contribution in [2.75, 3.05) is 7.11 Å². The van der Waals surface area contributed by atoms with Crippen LogP contribution in [0.3, 0.4) is 0 Å². The fraction of sp³-hybridized carbons (Fsp3) is 0.133. The lowest BCUT2D eigenvalue weighted by atomic mass is 10.1. The quantitative estimate of drug-likeness (QED) is 0.641. The van der Waals surface area contributed by atoms with Crippen LogP contribution in [-0.2, 0) is 14.8 Å². The topological polar surface area (TPSA) is 72.5 Å². The zero-order chi connectivity index (χ0) is 17.2. The standard InChI is InChI=1S/C15H13NO4S4/c1-20-15(17)14-12(5-8-23-14)24(18,19)16-13(10-4-7-21-9-10)11-3-2-6-22-11/h2-9,13,16H,1H3/t13-/m0/s1. The van der Waals surface area contributed by atoms with Gasteiger partial charge in [-0.3, -0.25) is 0 Å². The van der Waals surface area contributed by atoms with Crippen molar-refractivity contribution >= 4 is 50.0 Å². The lowest BCUT2D eigenvalue weighted by Gasteiger charge is -2.16. The van der Waals surface area contributed by atoms with E-state index in [1.807, 2.05) is 34.3 Å². The minimum atomic E-state index is -3.88. The molecule has 0 bridgehead atoms. The van der Waals surface area contributed by atoms with E-state index in [1.54, 1.807) is 5.38 Å². The van der Waals surface area contributed by atoms with Crippen LogP contribution in [0.4, 0.5) is 0 Å². The van der Waals surface area contributed by atoms with E-state index >= 15 is 0 Å². The molecular weight excluding hydrogens is 386 g/mol. The van der Waals surface area contributed by atoms with Crippen molar-refractivity contribution in [3.8, 4) is 0 Å². The molecule has 0 unspecified atom stereocenters. The van der Waals surface area contributed by atoms with Gasteiger partial charge in [-0.25, -0.2) is 13.2 Å². The minimum absolute atomic E-state index is 0.0591. The van der Waals surface area contributed by atoms with Gasteiger partial charge < -0.3 is 4.74 Å². The molecule has 126 valence electrons. The average molecular weight is 400 g/mol. The average Bonchev–Trinajstić information content (AvgIpc) is 3.34. The van der Waals surface area contributed by atoms with Crippen LogP contribution < -0.4 is 4.72 Å². The maximum atomic E-state index is 12.8. The van der Waals surface area contributed by atoms with Gasteiger partial charge in [-0.2, -0.15) is 16.1 Å². The molecule has 0 fully saturated rings. The molecule has 1 N–H and O–H groups in total. The smallest absolute Gasteiger partial charge is 0.349 e. The number of hydrogen-bond acceptors (Lipinski definition) is 7. The van der Waals surface area contributed by atoms with E-state index in [0.717, 1.165) is 21.8 Å². The van der Waals surface area contributed by atoms with Crippen molar-refractivity contribution < 1.29 is 17.9 Å². The number of methoxy groups -OCH3 is 1. The second-order valence-corrected chi connectivity index (χ2v) is 9.09. The summed E-state index contributed by atoms with van der Waals surface area (Å²) in [6.07, 6.45) is 0. The van der Waals surface area contributed by atoms with Gasteiger partial charge in [-0.05, 0) is 45.3 Å². The molecule has 0 aromatic carbocycles. The van der Waals surface area contributed by atoms with Crippen LogP contribution in [0.2, 0.25) is 0 Å². The molecule has 5 nitrogen and oxygen atoms in total.